The lowest BCUT2D eigenvalue weighted by Crippen LogP contribution is -2.38. The van der Waals surface area contributed by atoms with Gasteiger partial charge in [0.2, 0.25) is 0 Å². The quantitative estimate of drug-likeness (QED) is 0.332. The Morgan fingerprint density at radius 2 is 2.27 bits per heavy atom. The molecule has 0 aliphatic heterocycles. The van der Waals surface area contributed by atoms with E-state index in [1.54, 1.807) is 0 Å². The Morgan fingerprint density at radius 3 is 2.55 bits per heavy atom. The van der Waals surface area contributed by atoms with Crippen LogP contribution in [0.1, 0.15) is 25.7 Å². The zero-order chi connectivity index (χ0) is 8.06. The second-order valence-corrected chi connectivity index (χ2v) is 3.66. The fourth-order valence-corrected chi connectivity index (χ4v) is 2.46. The SMILES string of the molecule is O=[N+]([O-])[C@]1(F)C[C@H]2CC[C@@H]1C2. The van der Waals surface area contributed by atoms with E-state index in [4.69, 9.17) is 0 Å². The van der Waals surface area contributed by atoms with Gasteiger partial charge in [0.1, 0.15) is 0 Å². The van der Waals surface area contributed by atoms with Crippen LogP contribution in [0.2, 0.25) is 0 Å². The summed E-state index contributed by atoms with van der Waals surface area (Å²) >= 11 is 0. The molecule has 2 rings (SSSR count). The molecule has 0 spiro atoms. The molecule has 3 atom stereocenters. The summed E-state index contributed by atoms with van der Waals surface area (Å²) in [5.41, 5.74) is 0. The average Bonchev–Trinajstić information content (AvgIpc) is 2.45. The summed E-state index contributed by atoms with van der Waals surface area (Å²) in [5.74, 6) is -2.07. The lowest BCUT2D eigenvalue weighted by Gasteiger charge is -2.20. The molecule has 0 heterocycles. The van der Waals surface area contributed by atoms with Crippen LogP contribution in [0.15, 0.2) is 0 Å². The molecule has 0 saturated heterocycles. The van der Waals surface area contributed by atoms with Crippen molar-refractivity contribution in [2.45, 2.75) is 31.5 Å². The van der Waals surface area contributed by atoms with Crippen molar-refractivity contribution in [2.24, 2.45) is 11.8 Å². The number of hydrogen-bond donors (Lipinski definition) is 0. The van der Waals surface area contributed by atoms with Crippen molar-refractivity contribution >= 4 is 0 Å². The van der Waals surface area contributed by atoms with Gasteiger partial charge in [0.25, 0.3) is 0 Å². The summed E-state index contributed by atoms with van der Waals surface area (Å²) in [4.78, 5) is 9.62. The molecule has 0 aromatic heterocycles. The van der Waals surface area contributed by atoms with Crippen molar-refractivity contribution in [3.63, 3.8) is 0 Å². The minimum atomic E-state index is -2.07. The Labute approximate surface area is 63.7 Å². The van der Waals surface area contributed by atoms with Crippen LogP contribution >= 0.6 is 0 Å². The molecule has 2 aliphatic rings. The number of nitro groups is 1. The van der Waals surface area contributed by atoms with Gasteiger partial charge >= 0.3 is 5.79 Å². The predicted molar refractivity (Wildman–Crippen MR) is 36.3 cm³/mol. The largest absolute Gasteiger partial charge is 0.361 e. The molecule has 2 saturated carbocycles. The van der Waals surface area contributed by atoms with Crippen LogP contribution in [0.4, 0.5) is 4.39 Å². The molecule has 0 radical (unpaired) electrons. The summed E-state index contributed by atoms with van der Waals surface area (Å²) in [5, 5.41) is 10.3. The monoisotopic (exact) mass is 159 g/mol. The molecule has 0 aromatic carbocycles. The molecule has 11 heavy (non-hydrogen) atoms. The summed E-state index contributed by atoms with van der Waals surface area (Å²) in [6, 6.07) is 0. The van der Waals surface area contributed by atoms with Crippen molar-refractivity contribution in [1.82, 2.24) is 0 Å². The maximum atomic E-state index is 13.4. The number of rotatable bonds is 1. The van der Waals surface area contributed by atoms with Crippen molar-refractivity contribution in [3.8, 4) is 0 Å². The fourth-order valence-electron chi connectivity index (χ4n) is 2.46. The molecular formula is C7H10FNO2. The third-order valence-corrected chi connectivity index (χ3v) is 3.05. The molecule has 0 N–H and O–H groups in total. The van der Waals surface area contributed by atoms with Crippen LogP contribution in [0.3, 0.4) is 0 Å². The topological polar surface area (TPSA) is 43.1 Å². The van der Waals surface area contributed by atoms with E-state index in [1.165, 1.54) is 0 Å². The van der Waals surface area contributed by atoms with Crippen LogP contribution in [0.25, 0.3) is 0 Å². The van der Waals surface area contributed by atoms with Gasteiger partial charge in [-0.1, -0.05) is 0 Å². The molecule has 2 bridgehead atoms. The molecule has 0 unspecified atom stereocenters. The molecule has 4 heteroatoms. The van der Waals surface area contributed by atoms with Gasteiger partial charge < -0.3 is 0 Å². The van der Waals surface area contributed by atoms with Crippen molar-refractivity contribution in [2.75, 3.05) is 0 Å². The van der Waals surface area contributed by atoms with Gasteiger partial charge in [0.15, 0.2) is 0 Å². The minimum absolute atomic E-state index is 0.157. The predicted octanol–water partition coefficient (Wildman–Crippen LogP) is 1.75. The smallest absolute Gasteiger partial charge is 0.261 e. The average molecular weight is 159 g/mol. The summed E-state index contributed by atoms with van der Waals surface area (Å²) < 4.78 is 13.4. The zero-order valence-corrected chi connectivity index (χ0v) is 6.12. The van der Waals surface area contributed by atoms with Crippen molar-refractivity contribution in [3.05, 3.63) is 10.1 Å². The highest BCUT2D eigenvalue weighted by atomic mass is 19.1. The van der Waals surface area contributed by atoms with Crippen LogP contribution in [-0.2, 0) is 0 Å². The van der Waals surface area contributed by atoms with Crippen LogP contribution in [0, 0.1) is 22.0 Å². The minimum Gasteiger partial charge on any atom is -0.261 e. The maximum Gasteiger partial charge on any atom is 0.361 e. The van der Waals surface area contributed by atoms with Crippen molar-refractivity contribution < 1.29 is 9.31 Å². The number of fused-ring (bicyclic) bond motifs is 2. The van der Waals surface area contributed by atoms with Gasteiger partial charge in [-0.15, -0.1) is 0 Å². The Balaban J connectivity index is 2.23. The zero-order valence-electron chi connectivity index (χ0n) is 6.12. The standard InChI is InChI=1S/C7H10FNO2/c8-7(9(10)11)4-5-1-2-6(7)3-5/h5-6H,1-4H2/t5-,6+,7+/m0/s1. The molecule has 3 nitrogen and oxygen atoms in total. The first-order chi connectivity index (χ1) is 5.13. The summed E-state index contributed by atoms with van der Waals surface area (Å²) in [6.45, 7) is 0. The van der Waals surface area contributed by atoms with E-state index in [9.17, 15) is 14.5 Å². The second-order valence-electron chi connectivity index (χ2n) is 3.66. The highest BCUT2D eigenvalue weighted by molar-refractivity contribution is 4.95. The van der Waals surface area contributed by atoms with E-state index in [2.05, 4.69) is 0 Å². The second kappa shape index (κ2) is 1.93. The Hall–Kier alpha value is -0.670. The van der Waals surface area contributed by atoms with Crippen LogP contribution < -0.4 is 0 Å². The normalized spacial score (nSPS) is 48.1. The first kappa shape index (κ1) is 7.00. The van der Waals surface area contributed by atoms with Crippen LogP contribution in [0.5, 0.6) is 0 Å². The lowest BCUT2D eigenvalue weighted by molar-refractivity contribution is -0.616. The van der Waals surface area contributed by atoms with Gasteiger partial charge in [-0.3, -0.25) is 10.1 Å². The molecule has 2 aliphatic carbocycles. The Kier molecular flexibility index (Phi) is 1.23. The third kappa shape index (κ3) is 0.781. The number of nitrogens with zero attached hydrogens (tertiary/aromatic N) is 1. The third-order valence-electron chi connectivity index (χ3n) is 3.05. The van der Waals surface area contributed by atoms with E-state index in [0.717, 1.165) is 12.8 Å². The summed E-state index contributed by atoms with van der Waals surface area (Å²) in [6.07, 6.45) is 2.59. The van der Waals surface area contributed by atoms with Crippen LogP contribution in [-0.4, -0.2) is 10.7 Å². The van der Waals surface area contributed by atoms with E-state index in [-0.39, 0.29) is 18.3 Å². The van der Waals surface area contributed by atoms with Gasteiger partial charge in [0, 0.05) is 0 Å². The first-order valence-corrected chi connectivity index (χ1v) is 3.96. The van der Waals surface area contributed by atoms with E-state index in [0.29, 0.717) is 6.42 Å². The number of alkyl halides is 1. The van der Waals surface area contributed by atoms with E-state index >= 15 is 0 Å². The highest BCUT2D eigenvalue weighted by Crippen LogP contribution is 2.52. The van der Waals surface area contributed by atoms with Gasteiger partial charge in [-0.25, -0.2) is 0 Å². The number of halogens is 1. The molecule has 0 amide bonds. The molecule has 62 valence electrons. The maximum absolute atomic E-state index is 13.4. The molecular weight excluding hydrogens is 149 g/mol. The first-order valence-electron chi connectivity index (χ1n) is 3.96. The highest BCUT2D eigenvalue weighted by Gasteiger charge is 2.61. The molecule has 2 fully saturated rings. The van der Waals surface area contributed by atoms with Gasteiger partial charge in [-0.05, 0) is 25.2 Å². The van der Waals surface area contributed by atoms with Crippen molar-refractivity contribution in [1.29, 1.82) is 0 Å². The summed E-state index contributed by atoms with van der Waals surface area (Å²) in [7, 11) is 0. The Bertz CT molecular complexity index is 209. The Morgan fingerprint density at radius 1 is 1.55 bits per heavy atom. The lowest BCUT2D eigenvalue weighted by atomic mass is 9.93. The molecule has 0 aromatic rings. The van der Waals surface area contributed by atoms with E-state index in [1.807, 2.05) is 0 Å². The van der Waals surface area contributed by atoms with Gasteiger partial charge in [-0.2, -0.15) is 4.39 Å². The van der Waals surface area contributed by atoms with E-state index < -0.39 is 10.7 Å². The van der Waals surface area contributed by atoms with Gasteiger partial charge in [0.05, 0.1) is 17.3 Å². The fraction of sp³-hybridized carbons (Fsp3) is 1.00. The number of hydrogen-bond acceptors (Lipinski definition) is 2.